The van der Waals surface area contributed by atoms with E-state index in [1.54, 1.807) is 0 Å². The highest BCUT2D eigenvalue weighted by molar-refractivity contribution is 8.01. The van der Waals surface area contributed by atoms with Gasteiger partial charge in [0.25, 0.3) is 5.18 Å². The molecule has 6 heteroatoms. The first kappa shape index (κ1) is 7.15. The molecule has 1 aliphatic heterocycles. The quantitative estimate of drug-likeness (QED) is 0.111. The fraction of sp³-hybridized carbons (Fsp3) is 1.00. The molecule has 0 aromatic carbocycles. The molecule has 0 unspecified atom stereocenters. The molecule has 0 bridgehead atoms. The van der Waals surface area contributed by atoms with Crippen molar-refractivity contribution in [2.75, 3.05) is 0 Å². The van der Waals surface area contributed by atoms with Crippen LogP contribution in [0.5, 0.6) is 0 Å². The summed E-state index contributed by atoms with van der Waals surface area (Å²) in [4.78, 5) is 0. The van der Waals surface area contributed by atoms with E-state index in [1.807, 2.05) is 0 Å². The zero-order valence-corrected chi connectivity index (χ0v) is 4.18. The third-order valence-corrected chi connectivity index (χ3v) is 0.827. The molecule has 0 saturated carbocycles. The van der Waals surface area contributed by atoms with Crippen LogP contribution in [0.4, 0.5) is 0 Å². The van der Waals surface area contributed by atoms with Crippen LogP contribution in [0.2, 0.25) is 0 Å². The van der Waals surface area contributed by atoms with Gasteiger partial charge in [-0.1, -0.05) is 0 Å². The molecular formula is CH6N2O3S. The van der Waals surface area contributed by atoms with Crippen molar-refractivity contribution in [1.82, 2.24) is 0 Å². The van der Waals surface area contributed by atoms with E-state index >= 15 is 0 Å². The maximum absolute atomic E-state index is 6.00. The predicted octanol–water partition coefficient (Wildman–Crippen LogP) is -0.789. The first-order chi connectivity index (χ1) is 3.21. The van der Waals surface area contributed by atoms with Gasteiger partial charge < -0.3 is 0 Å². The van der Waals surface area contributed by atoms with Crippen molar-refractivity contribution in [2.24, 2.45) is 11.5 Å². The summed E-state index contributed by atoms with van der Waals surface area (Å²) in [6.45, 7) is 0. The standard InChI is InChI=1S/CH4N2OS.H2O2/c2-1(3)4-5-1;1-2/h2-3H2;1-2H. The van der Waals surface area contributed by atoms with Crippen molar-refractivity contribution in [3.05, 3.63) is 0 Å². The van der Waals surface area contributed by atoms with Gasteiger partial charge in [0.2, 0.25) is 0 Å². The first-order valence-corrected chi connectivity index (χ1v) is 2.09. The molecule has 7 heavy (non-hydrogen) atoms. The Hall–Kier alpha value is 0.150. The Morgan fingerprint density at radius 1 is 1.43 bits per heavy atom. The van der Waals surface area contributed by atoms with Gasteiger partial charge in [0, 0.05) is 0 Å². The Balaban J connectivity index is 0.000000162. The zero-order valence-electron chi connectivity index (χ0n) is 3.37. The van der Waals surface area contributed by atoms with Crippen LogP contribution < -0.4 is 11.5 Å². The summed E-state index contributed by atoms with van der Waals surface area (Å²) in [6, 6.07) is 0. The minimum Gasteiger partial charge on any atom is -0.279 e. The lowest BCUT2D eigenvalue weighted by Crippen LogP contribution is -2.31. The van der Waals surface area contributed by atoms with Crippen LogP contribution in [-0.2, 0) is 4.18 Å². The minimum atomic E-state index is -0.833. The molecule has 44 valence electrons. The van der Waals surface area contributed by atoms with Gasteiger partial charge in [-0.2, -0.15) is 0 Å². The van der Waals surface area contributed by atoms with Crippen molar-refractivity contribution in [1.29, 1.82) is 0 Å². The van der Waals surface area contributed by atoms with E-state index in [9.17, 15) is 0 Å². The molecule has 1 aliphatic rings. The highest BCUT2D eigenvalue weighted by atomic mass is 32.2. The topological polar surface area (TPSA) is 105 Å². The Labute approximate surface area is 44.4 Å². The van der Waals surface area contributed by atoms with E-state index in [0.29, 0.717) is 0 Å². The second-order valence-corrected chi connectivity index (χ2v) is 1.86. The summed E-state index contributed by atoms with van der Waals surface area (Å²) in [5.41, 5.74) is 9.97. The van der Waals surface area contributed by atoms with Gasteiger partial charge in [0.05, 0.1) is 12.0 Å². The van der Waals surface area contributed by atoms with E-state index in [4.69, 9.17) is 22.0 Å². The zero-order chi connectivity index (χ0) is 5.91. The van der Waals surface area contributed by atoms with Crippen molar-refractivity contribution in [2.45, 2.75) is 5.18 Å². The minimum absolute atomic E-state index is 0.833. The van der Waals surface area contributed by atoms with Gasteiger partial charge in [-0.25, -0.2) is 0 Å². The molecule has 1 rings (SSSR count). The summed E-state index contributed by atoms with van der Waals surface area (Å²) in [5, 5.41) is 11.2. The molecule has 5 nitrogen and oxygen atoms in total. The van der Waals surface area contributed by atoms with Crippen LogP contribution in [0.1, 0.15) is 0 Å². The Bertz CT molecular complexity index is 50.9. The maximum Gasteiger partial charge on any atom is 0.258 e. The molecule has 0 radical (unpaired) electrons. The van der Waals surface area contributed by atoms with E-state index in [-0.39, 0.29) is 0 Å². The highest BCUT2D eigenvalue weighted by Gasteiger charge is 2.38. The van der Waals surface area contributed by atoms with Gasteiger partial charge in [-0.05, 0) is 0 Å². The van der Waals surface area contributed by atoms with Crippen LogP contribution in [0.15, 0.2) is 0 Å². The van der Waals surface area contributed by atoms with Crippen molar-refractivity contribution < 1.29 is 14.7 Å². The average molecular weight is 126 g/mol. The van der Waals surface area contributed by atoms with Crippen LogP contribution in [0, 0.1) is 0 Å². The molecule has 6 N–H and O–H groups in total. The Morgan fingerprint density at radius 3 is 1.57 bits per heavy atom. The van der Waals surface area contributed by atoms with Crippen molar-refractivity contribution >= 4 is 12.0 Å². The van der Waals surface area contributed by atoms with Gasteiger partial charge in [-0.3, -0.25) is 26.2 Å². The van der Waals surface area contributed by atoms with Gasteiger partial charge in [0.1, 0.15) is 0 Å². The fourth-order valence-corrected chi connectivity index (χ4v) is 0.144. The normalized spacial score (nSPS) is 22.3. The SMILES string of the molecule is NC1(N)OS1.OO. The van der Waals surface area contributed by atoms with Gasteiger partial charge >= 0.3 is 0 Å². The van der Waals surface area contributed by atoms with Crippen LogP contribution in [0.3, 0.4) is 0 Å². The lowest BCUT2D eigenvalue weighted by molar-refractivity contribution is -0.176. The van der Waals surface area contributed by atoms with Crippen LogP contribution in [0.25, 0.3) is 0 Å². The fourth-order valence-electron chi connectivity index (χ4n) is 0.0481. The smallest absolute Gasteiger partial charge is 0.258 e. The lowest BCUT2D eigenvalue weighted by Gasteiger charge is -1.80. The summed E-state index contributed by atoms with van der Waals surface area (Å²) in [5.74, 6) is 0. The number of hydrogen-bond donors (Lipinski definition) is 4. The van der Waals surface area contributed by atoms with Crippen LogP contribution in [-0.4, -0.2) is 15.7 Å². The first-order valence-electron chi connectivity index (χ1n) is 1.35. The average Bonchev–Trinajstić information content (AvgIpc) is 2.26. The van der Waals surface area contributed by atoms with E-state index < -0.39 is 5.18 Å². The molecule has 1 saturated heterocycles. The maximum atomic E-state index is 6.00. The molecular weight excluding hydrogens is 120 g/mol. The third-order valence-electron chi connectivity index (χ3n) is 0.276. The molecule has 0 aliphatic carbocycles. The van der Waals surface area contributed by atoms with E-state index in [0.717, 1.165) is 12.0 Å². The molecule has 0 atom stereocenters. The second-order valence-electron chi connectivity index (χ2n) is 0.888. The molecule has 0 aromatic heterocycles. The van der Waals surface area contributed by atoms with Gasteiger partial charge in [-0.15, -0.1) is 0 Å². The number of rotatable bonds is 0. The summed E-state index contributed by atoms with van der Waals surface area (Å²) >= 11 is 1.08. The summed E-state index contributed by atoms with van der Waals surface area (Å²) in [7, 11) is 0. The Morgan fingerprint density at radius 2 is 1.57 bits per heavy atom. The van der Waals surface area contributed by atoms with Crippen LogP contribution >= 0.6 is 12.0 Å². The molecule has 0 amide bonds. The second kappa shape index (κ2) is 2.46. The molecule has 0 aromatic rings. The molecule has 0 spiro atoms. The van der Waals surface area contributed by atoms with E-state index in [1.165, 1.54) is 0 Å². The molecule has 1 heterocycles. The molecule has 1 fully saturated rings. The van der Waals surface area contributed by atoms with E-state index in [2.05, 4.69) is 4.18 Å². The third kappa shape index (κ3) is 3.99. The Kier molecular flexibility index (Phi) is 2.51. The van der Waals surface area contributed by atoms with Gasteiger partial charge in [0.15, 0.2) is 0 Å². The largest absolute Gasteiger partial charge is 0.279 e. The summed E-state index contributed by atoms with van der Waals surface area (Å²) in [6.07, 6.45) is 0. The number of nitrogens with two attached hydrogens (primary N) is 2. The predicted molar refractivity (Wildman–Crippen MR) is 25.0 cm³/mol. The van der Waals surface area contributed by atoms with Crippen molar-refractivity contribution in [3.8, 4) is 0 Å². The summed E-state index contributed by atoms with van der Waals surface area (Å²) < 4.78 is 4.37. The lowest BCUT2D eigenvalue weighted by atomic mass is 11.1. The van der Waals surface area contributed by atoms with Crippen molar-refractivity contribution in [3.63, 3.8) is 0 Å². The monoisotopic (exact) mass is 126 g/mol. The number of hydrogen-bond acceptors (Lipinski definition) is 6. The highest BCUT2D eigenvalue weighted by Crippen LogP contribution is 2.35.